The Kier molecular flexibility index (Phi) is 7.31. The van der Waals surface area contributed by atoms with Crippen LogP contribution in [0.1, 0.15) is 19.8 Å². The Balaban J connectivity index is 1.70. The molecule has 188 valence electrons. The molecule has 1 aromatic carbocycles. The van der Waals surface area contributed by atoms with Crippen molar-refractivity contribution in [2.45, 2.75) is 37.0 Å². The number of methoxy groups -OCH3 is 3. The van der Waals surface area contributed by atoms with E-state index in [-0.39, 0.29) is 18.1 Å². The summed E-state index contributed by atoms with van der Waals surface area (Å²) in [6.45, 7) is 1.77. The minimum Gasteiger partial charge on any atom is -0.494 e. The molecule has 2 unspecified atom stereocenters. The Morgan fingerprint density at radius 3 is 2.31 bits per heavy atom. The largest absolute Gasteiger partial charge is 0.494 e. The quantitative estimate of drug-likeness (QED) is 0.391. The van der Waals surface area contributed by atoms with Crippen LogP contribution in [-0.4, -0.2) is 63.5 Å². The smallest absolute Gasteiger partial charge is 0.248 e. The summed E-state index contributed by atoms with van der Waals surface area (Å²) in [7, 11) is 4.61. The lowest BCUT2D eigenvalue weighted by molar-refractivity contribution is -0.140. The SMILES string of the molecule is COc1cccc(-c2nnc(NSC(C)C(O)C3CC(F)(F)C3)n2-c2c(OC)cccc2OC)n1. The molecule has 3 aromatic rings. The topological polar surface area (TPSA) is 104 Å². The van der Waals surface area contributed by atoms with E-state index in [0.29, 0.717) is 40.5 Å². The lowest BCUT2D eigenvalue weighted by Crippen LogP contribution is -2.45. The zero-order valence-corrected chi connectivity index (χ0v) is 20.6. The highest BCUT2D eigenvalue weighted by molar-refractivity contribution is 8.01. The van der Waals surface area contributed by atoms with Gasteiger partial charge in [0.05, 0.1) is 27.4 Å². The van der Waals surface area contributed by atoms with Gasteiger partial charge >= 0.3 is 0 Å². The zero-order valence-electron chi connectivity index (χ0n) is 19.7. The number of nitrogens with zero attached hydrogens (tertiary/aromatic N) is 4. The van der Waals surface area contributed by atoms with Crippen LogP contribution in [0.3, 0.4) is 0 Å². The molecule has 2 aromatic heterocycles. The number of hydrogen-bond donors (Lipinski definition) is 2. The van der Waals surface area contributed by atoms with Crippen molar-refractivity contribution in [2.24, 2.45) is 5.92 Å². The predicted octanol–water partition coefficient (Wildman–Crippen LogP) is 4.21. The van der Waals surface area contributed by atoms with Crippen LogP contribution in [0, 0.1) is 5.92 Å². The summed E-state index contributed by atoms with van der Waals surface area (Å²) in [5.41, 5.74) is 1.03. The Hall–Kier alpha value is -3.12. The van der Waals surface area contributed by atoms with Crippen molar-refractivity contribution < 1.29 is 28.1 Å². The first-order chi connectivity index (χ1) is 16.8. The van der Waals surface area contributed by atoms with Crippen LogP contribution in [0.25, 0.3) is 17.2 Å². The van der Waals surface area contributed by atoms with Gasteiger partial charge < -0.3 is 19.3 Å². The van der Waals surface area contributed by atoms with Crippen molar-refractivity contribution in [1.29, 1.82) is 0 Å². The minimum absolute atomic E-state index is 0.306. The van der Waals surface area contributed by atoms with Gasteiger partial charge in [0.25, 0.3) is 0 Å². The number of aliphatic hydroxyl groups is 1. The number of aromatic nitrogens is 4. The molecule has 2 N–H and O–H groups in total. The van der Waals surface area contributed by atoms with Gasteiger partial charge in [0, 0.05) is 24.2 Å². The summed E-state index contributed by atoms with van der Waals surface area (Å²) in [5, 5.41) is 18.8. The molecule has 1 fully saturated rings. The number of para-hydroxylation sites is 1. The van der Waals surface area contributed by atoms with Gasteiger partial charge in [-0.15, -0.1) is 10.2 Å². The highest BCUT2D eigenvalue weighted by Crippen LogP contribution is 2.46. The average molecular weight is 508 g/mol. The molecule has 0 amide bonds. The van der Waals surface area contributed by atoms with E-state index in [9.17, 15) is 13.9 Å². The average Bonchev–Trinajstić information content (AvgIpc) is 3.28. The molecular weight excluding hydrogens is 480 g/mol. The summed E-state index contributed by atoms with van der Waals surface area (Å²) in [5.74, 6) is -1.02. The zero-order chi connectivity index (χ0) is 25.2. The van der Waals surface area contributed by atoms with Crippen LogP contribution < -0.4 is 18.9 Å². The van der Waals surface area contributed by atoms with Crippen LogP contribution in [-0.2, 0) is 0 Å². The Morgan fingerprint density at radius 2 is 1.71 bits per heavy atom. The molecule has 1 saturated carbocycles. The minimum atomic E-state index is -2.69. The third-order valence-electron chi connectivity index (χ3n) is 5.87. The van der Waals surface area contributed by atoms with Crippen LogP contribution in [0.15, 0.2) is 36.4 Å². The van der Waals surface area contributed by atoms with Gasteiger partial charge in [0.15, 0.2) is 5.82 Å². The first-order valence-corrected chi connectivity index (χ1v) is 11.8. The maximum Gasteiger partial charge on any atom is 0.248 e. The molecule has 1 aliphatic carbocycles. The molecule has 4 rings (SSSR count). The van der Waals surface area contributed by atoms with Crippen molar-refractivity contribution >= 4 is 17.9 Å². The second kappa shape index (κ2) is 10.2. The monoisotopic (exact) mass is 507 g/mol. The summed E-state index contributed by atoms with van der Waals surface area (Å²) in [6, 6.07) is 10.6. The molecule has 35 heavy (non-hydrogen) atoms. The van der Waals surface area contributed by atoms with Crippen LogP contribution >= 0.6 is 11.9 Å². The van der Waals surface area contributed by atoms with Gasteiger partial charge in [-0.2, -0.15) is 0 Å². The van der Waals surface area contributed by atoms with Gasteiger partial charge in [0.1, 0.15) is 22.9 Å². The molecule has 2 atom stereocenters. The summed E-state index contributed by atoms with van der Waals surface area (Å²) >= 11 is 1.17. The van der Waals surface area contributed by atoms with E-state index < -0.39 is 17.9 Å². The molecule has 0 saturated heterocycles. The molecule has 0 radical (unpaired) electrons. The van der Waals surface area contributed by atoms with Crippen LogP contribution in [0.4, 0.5) is 14.7 Å². The molecular formula is C23H27F2N5O4S. The first-order valence-electron chi connectivity index (χ1n) is 10.9. The lowest BCUT2D eigenvalue weighted by atomic mass is 9.77. The number of hydrogen-bond acceptors (Lipinski definition) is 9. The third kappa shape index (κ3) is 5.13. The van der Waals surface area contributed by atoms with E-state index in [1.54, 1.807) is 62.1 Å². The number of pyridine rings is 1. The van der Waals surface area contributed by atoms with Gasteiger partial charge in [-0.05, 0) is 43.0 Å². The van der Waals surface area contributed by atoms with Gasteiger partial charge in [0.2, 0.25) is 17.8 Å². The maximum atomic E-state index is 13.3. The number of alkyl halides is 2. The number of anilines is 1. The van der Waals surface area contributed by atoms with E-state index in [4.69, 9.17) is 14.2 Å². The number of ether oxygens (including phenoxy) is 3. The predicted molar refractivity (Wildman–Crippen MR) is 129 cm³/mol. The fourth-order valence-corrected chi connectivity index (χ4v) is 4.77. The fraction of sp³-hybridized carbons (Fsp3) is 0.435. The highest BCUT2D eigenvalue weighted by atomic mass is 32.2. The van der Waals surface area contributed by atoms with Crippen molar-refractivity contribution in [2.75, 3.05) is 26.1 Å². The van der Waals surface area contributed by atoms with Crippen LogP contribution in [0.5, 0.6) is 17.4 Å². The maximum absolute atomic E-state index is 13.3. The first kappa shape index (κ1) is 25.0. The molecule has 9 nitrogen and oxygen atoms in total. The van der Waals surface area contributed by atoms with Gasteiger partial charge in [-0.25, -0.2) is 13.8 Å². The Bertz CT molecular complexity index is 1150. The van der Waals surface area contributed by atoms with E-state index in [0.717, 1.165) is 0 Å². The van der Waals surface area contributed by atoms with Crippen molar-refractivity contribution in [3.05, 3.63) is 36.4 Å². The summed E-state index contributed by atoms with van der Waals surface area (Å²) in [4.78, 5) is 4.48. The van der Waals surface area contributed by atoms with Crippen LogP contribution in [0.2, 0.25) is 0 Å². The number of aliphatic hydroxyl groups excluding tert-OH is 1. The number of nitrogens with one attached hydrogen (secondary N) is 1. The van der Waals surface area contributed by atoms with Gasteiger partial charge in [-0.1, -0.05) is 12.1 Å². The molecule has 0 bridgehead atoms. The third-order valence-corrected chi connectivity index (χ3v) is 6.82. The number of rotatable bonds is 10. The molecule has 2 heterocycles. The van der Waals surface area contributed by atoms with E-state index in [2.05, 4.69) is 19.9 Å². The van der Waals surface area contributed by atoms with Crippen molar-refractivity contribution in [3.63, 3.8) is 0 Å². The second-order valence-corrected chi connectivity index (χ2v) is 9.38. The van der Waals surface area contributed by atoms with Crippen molar-refractivity contribution in [3.8, 4) is 34.6 Å². The Morgan fingerprint density at radius 1 is 1.06 bits per heavy atom. The number of halogens is 2. The van der Waals surface area contributed by atoms with E-state index in [1.807, 2.05) is 0 Å². The Labute approximate surface area is 206 Å². The lowest BCUT2D eigenvalue weighted by Gasteiger charge is -2.39. The van der Waals surface area contributed by atoms with Crippen molar-refractivity contribution in [1.82, 2.24) is 19.7 Å². The molecule has 0 spiro atoms. The standard InChI is InChI=1S/C23H27F2N5O4S/c1-13(20(31)14-11-23(24,25)12-14)35-29-22-28-27-21(15-7-5-10-18(26-15)34-4)30(22)19-16(32-2)8-6-9-17(19)33-3/h5-10,13-14,20,31H,11-12H2,1-4H3,(H,28,29). The normalized spacial score (nSPS) is 16.8. The summed E-state index contributed by atoms with van der Waals surface area (Å²) < 4.78 is 47.8. The molecule has 0 aliphatic heterocycles. The molecule has 1 aliphatic rings. The fourth-order valence-electron chi connectivity index (χ4n) is 3.98. The second-order valence-electron chi connectivity index (χ2n) is 8.20. The molecule has 12 heteroatoms. The number of benzene rings is 1. The summed E-state index contributed by atoms with van der Waals surface area (Å²) in [6.07, 6.45) is -1.51. The highest BCUT2D eigenvalue weighted by Gasteiger charge is 2.49. The van der Waals surface area contributed by atoms with E-state index in [1.165, 1.54) is 19.1 Å². The van der Waals surface area contributed by atoms with Gasteiger partial charge in [-0.3, -0.25) is 9.29 Å². The van der Waals surface area contributed by atoms with E-state index >= 15 is 0 Å².